The van der Waals surface area contributed by atoms with Crippen LogP contribution in [0.1, 0.15) is 70.2 Å². The minimum Gasteiger partial charge on any atom is -0.459 e. The van der Waals surface area contributed by atoms with E-state index in [4.69, 9.17) is 25.8 Å². The Labute approximate surface area is 248 Å². The molecule has 41 heavy (non-hydrogen) atoms. The molecule has 1 aliphatic carbocycles. The van der Waals surface area contributed by atoms with E-state index in [0.717, 1.165) is 11.1 Å². The highest BCUT2D eigenvalue weighted by molar-refractivity contribution is 6.31. The first-order valence-corrected chi connectivity index (χ1v) is 14.0. The van der Waals surface area contributed by atoms with E-state index in [9.17, 15) is 14.4 Å². The number of halogens is 1. The van der Waals surface area contributed by atoms with Gasteiger partial charge >= 0.3 is 18.2 Å². The van der Waals surface area contributed by atoms with Gasteiger partial charge in [-0.3, -0.25) is 4.90 Å². The number of nitrogens with one attached hydrogen (secondary N) is 1. The molecule has 3 rings (SSSR count). The molecule has 0 heterocycles. The molecule has 222 valence electrons. The summed E-state index contributed by atoms with van der Waals surface area (Å²) in [5.41, 5.74) is -0.251. The molecule has 0 bridgehead atoms. The van der Waals surface area contributed by atoms with E-state index in [-0.39, 0.29) is 13.2 Å². The second-order valence-electron chi connectivity index (χ2n) is 12.2. The maximum absolute atomic E-state index is 14.3. The molecular formula is C32H41ClN2O6. The molecule has 0 saturated carbocycles. The summed E-state index contributed by atoms with van der Waals surface area (Å²) in [6.45, 7) is 14.6. The number of carbonyl (C=O) groups is 3. The first-order chi connectivity index (χ1) is 19.1. The number of rotatable bonds is 8. The molecule has 0 fully saturated rings. The van der Waals surface area contributed by atoms with Crippen LogP contribution in [0.5, 0.6) is 0 Å². The molecule has 2 aromatic carbocycles. The smallest absolute Gasteiger partial charge is 0.411 e. The van der Waals surface area contributed by atoms with Crippen molar-refractivity contribution in [1.82, 2.24) is 10.2 Å². The fourth-order valence-electron chi connectivity index (χ4n) is 5.06. The number of carbonyl (C=O) groups excluding carboxylic acids is 3. The summed E-state index contributed by atoms with van der Waals surface area (Å²) in [5.74, 6) is -0.991. The second-order valence-corrected chi connectivity index (χ2v) is 12.7. The van der Waals surface area contributed by atoms with Gasteiger partial charge in [-0.25, -0.2) is 14.4 Å². The Morgan fingerprint density at radius 3 is 2.29 bits per heavy atom. The highest BCUT2D eigenvalue weighted by atomic mass is 35.5. The number of esters is 1. The van der Waals surface area contributed by atoms with Gasteiger partial charge in [0, 0.05) is 24.5 Å². The number of fused-ring (bicyclic) bond motifs is 1. The standard InChI is InChI=1S/C32H41ClN2O6/c1-9-13-24-16-22-18-26(33)23(19-34-28(37)40-30(2,3)4)17-25(22)32(24,35(8)29(38)41-31(5,6)7)27(36)39-20-21-14-11-10-12-15-21/h9-12,14-15,17-18,24H,1,13,16,19-20H2,2-8H3,(H,34,37)/t24-,32+/m0/s1. The number of hydrogen-bond acceptors (Lipinski definition) is 6. The van der Waals surface area contributed by atoms with Gasteiger partial charge in [-0.05, 0) is 88.8 Å². The minimum atomic E-state index is -1.54. The predicted octanol–water partition coefficient (Wildman–Crippen LogP) is 6.92. The number of likely N-dealkylation sites (N-methyl/N-ethyl adjacent to an activating group) is 1. The molecule has 2 aromatic rings. The van der Waals surface area contributed by atoms with Crippen molar-refractivity contribution in [2.75, 3.05) is 7.05 Å². The summed E-state index contributed by atoms with van der Waals surface area (Å²) in [4.78, 5) is 41.6. The van der Waals surface area contributed by atoms with Gasteiger partial charge in [0.05, 0.1) is 0 Å². The van der Waals surface area contributed by atoms with Gasteiger partial charge in [0.1, 0.15) is 17.8 Å². The molecule has 9 heteroatoms. The fraction of sp³-hybridized carbons (Fsp3) is 0.469. The topological polar surface area (TPSA) is 94.2 Å². The molecule has 8 nitrogen and oxygen atoms in total. The monoisotopic (exact) mass is 584 g/mol. The predicted molar refractivity (Wildman–Crippen MR) is 158 cm³/mol. The van der Waals surface area contributed by atoms with Crippen molar-refractivity contribution in [3.8, 4) is 0 Å². The molecule has 1 N–H and O–H groups in total. The molecule has 1 aliphatic rings. The van der Waals surface area contributed by atoms with Crippen LogP contribution in [0.15, 0.2) is 55.1 Å². The lowest BCUT2D eigenvalue weighted by atomic mass is 9.79. The third-order valence-corrected chi connectivity index (χ3v) is 7.09. The van der Waals surface area contributed by atoms with Crippen molar-refractivity contribution in [3.63, 3.8) is 0 Å². The van der Waals surface area contributed by atoms with Crippen molar-refractivity contribution in [3.05, 3.63) is 82.4 Å². The number of alkyl carbamates (subject to hydrolysis) is 1. The Balaban J connectivity index is 2.10. The number of hydrogen-bond donors (Lipinski definition) is 1. The summed E-state index contributed by atoms with van der Waals surface area (Å²) < 4.78 is 17.0. The van der Waals surface area contributed by atoms with E-state index >= 15 is 0 Å². The van der Waals surface area contributed by atoms with E-state index in [1.165, 1.54) is 4.90 Å². The highest BCUT2D eigenvalue weighted by Gasteiger charge is 2.58. The average molecular weight is 585 g/mol. The van der Waals surface area contributed by atoms with E-state index in [1.807, 2.05) is 30.3 Å². The molecule has 0 unspecified atom stereocenters. The number of allylic oxidation sites excluding steroid dienone is 1. The maximum atomic E-state index is 14.3. The van der Waals surface area contributed by atoms with E-state index < -0.39 is 40.8 Å². The van der Waals surface area contributed by atoms with Crippen LogP contribution in [0.4, 0.5) is 9.59 Å². The van der Waals surface area contributed by atoms with Crippen molar-refractivity contribution < 1.29 is 28.6 Å². The Morgan fingerprint density at radius 1 is 1.07 bits per heavy atom. The third-order valence-electron chi connectivity index (χ3n) is 6.73. The quantitative estimate of drug-likeness (QED) is 0.206. The van der Waals surface area contributed by atoms with Gasteiger partial charge in [0.2, 0.25) is 0 Å². The van der Waals surface area contributed by atoms with Crippen molar-refractivity contribution in [2.24, 2.45) is 5.92 Å². The maximum Gasteiger partial charge on any atom is 0.411 e. The summed E-state index contributed by atoms with van der Waals surface area (Å²) in [7, 11) is 1.55. The Hall–Kier alpha value is -3.52. The summed E-state index contributed by atoms with van der Waals surface area (Å²) in [6, 6.07) is 12.9. The highest BCUT2D eigenvalue weighted by Crippen LogP contribution is 2.50. The molecule has 0 aromatic heterocycles. The molecule has 2 amide bonds. The molecular weight excluding hydrogens is 544 g/mol. The van der Waals surface area contributed by atoms with Gasteiger partial charge < -0.3 is 19.5 Å². The lowest BCUT2D eigenvalue weighted by Crippen LogP contribution is -2.57. The van der Waals surface area contributed by atoms with Gasteiger partial charge in [0.25, 0.3) is 0 Å². The van der Waals surface area contributed by atoms with Gasteiger partial charge in [-0.1, -0.05) is 48.0 Å². The van der Waals surface area contributed by atoms with Crippen LogP contribution in [-0.4, -0.2) is 41.3 Å². The van der Waals surface area contributed by atoms with E-state index in [0.29, 0.717) is 29.0 Å². The number of amides is 2. The molecule has 0 saturated heterocycles. The van der Waals surface area contributed by atoms with Crippen LogP contribution in [0, 0.1) is 5.92 Å². The Morgan fingerprint density at radius 2 is 1.71 bits per heavy atom. The first kappa shape index (κ1) is 32.0. The molecule has 0 radical (unpaired) electrons. The molecule has 0 aliphatic heterocycles. The van der Waals surface area contributed by atoms with Crippen molar-refractivity contribution >= 4 is 29.8 Å². The van der Waals surface area contributed by atoms with Crippen LogP contribution < -0.4 is 5.32 Å². The van der Waals surface area contributed by atoms with Crippen LogP contribution in [0.25, 0.3) is 0 Å². The molecule has 2 atom stereocenters. The largest absolute Gasteiger partial charge is 0.459 e. The van der Waals surface area contributed by atoms with Crippen molar-refractivity contribution in [1.29, 1.82) is 0 Å². The van der Waals surface area contributed by atoms with Crippen LogP contribution in [-0.2, 0) is 44.1 Å². The number of ether oxygens (including phenoxy) is 3. The first-order valence-electron chi connectivity index (χ1n) is 13.7. The number of nitrogens with zero attached hydrogens (tertiary/aromatic N) is 1. The van der Waals surface area contributed by atoms with E-state index in [2.05, 4.69) is 11.9 Å². The van der Waals surface area contributed by atoms with Crippen LogP contribution >= 0.6 is 11.6 Å². The van der Waals surface area contributed by atoms with Crippen LogP contribution in [0.3, 0.4) is 0 Å². The lowest BCUT2D eigenvalue weighted by Gasteiger charge is -2.42. The molecule has 0 spiro atoms. The van der Waals surface area contributed by atoms with Crippen LogP contribution in [0.2, 0.25) is 5.02 Å². The van der Waals surface area contributed by atoms with E-state index in [1.54, 1.807) is 66.8 Å². The summed E-state index contributed by atoms with van der Waals surface area (Å²) >= 11 is 6.66. The van der Waals surface area contributed by atoms with Gasteiger partial charge in [-0.2, -0.15) is 0 Å². The third kappa shape index (κ3) is 7.61. The second kappa shape index (κ2) is 12.6. The normalized spacial score (nSPS) is 18.2. The van der Waals surface area contributed by atoms with Gasteiger partial charge in [-0.15, -0.1) is 6.58 Å². The fourth-order valence-corrected chi connectivity index (χ4v) is 5.32. The van der Waals surface area contributed by atoms with Crippen molar-refractivity contribution in [2.45, 2.75) is 84.3 Å². The average Bonchev–Trinajstić information content (AvgIpc) is 3.17. The Bertz CT molecular complexity index is 1280. The SMILES string of the molecule is C=CC[C@H]1Cc2cc(Cl)c(CNC(=O)OC(C)(C)C)cc2[C@]1(C(=O)OCc1ccccc1)N(C)C(=O)OC(C)(C)C. The zero-order chi connectivity index (χ0) is 30.6. The minimum absolute atomic E-state index is 0.0281. The lowest BCUT2D eigenvalue weighted by molar-refractivity contribution is -0.163. The summed E-state index contributed by atoms with van der Waals surface area (Å²) in [5, 5.41) is 3.15. The Kier molecular flexibility index (Phi) is 9.80. The zero-order valence-electron chi connectivity index (χ0n) is 25.0. The van der Waals surface area contributed by atoms with Gasteiger partial charge in [0.15, 0.2) is 5.54 Å². The number of benzene rings is 2. The summed E-state index contributed by atoms with van der Waals surface area (Å²) in [6.07, 6.45) is 1.34. The zero-order valence-corrected chi connectivity index (χ0v) is 25.8.